The van der Waals surface area contributed by atoms with Crippen molar-refractivity contribution in [1.29, 1.82) is 0 Å². The van der Waals surface area contributed by atoms with Gasteiger partial charge in [-0.25, -0.2) is 0 Å². The molecule has 0 aliphatic heterocycles. The molecule has 2 heterocycles. The number of nitrogens with zero attached hydrogens (tertiary/aromatic N) is 1. The van der Waals surface area contributed by atoms with Crippen LogP contribution in [0, 0.1) is 0 Å². The molecule has 3 aromatic rings. The first kappa shape index (κ1) is 11.9. The average molecular weight is 266 g/mol. The maximum absolute atomic E-state index is 4.09. The molecule has 1 unspecified atom stereocenters. The minimum Gasteiger partial charge on any atom is -0.373 e. The van der Waals surface area contributed by atoms with Gasteiger partial charge >= 0.3 is 0 Å². The van der Waals surface area contributed by atoms with Crippen LogP contribution in [-0.4, -0.2) is 4.98 Å². The number of pyridine rings is 1. The van der Waals surface area contributed by atoms with Gasteiger partial charge in [0.15, 0.2) is 0 Å². The fraction of sp³-hybridized carbons (Fsp3) is 0.0625. The molecule has 94 valence electrons. The Labute approximate surface area is 116 Å². The summed E-state index contributed by atoms with van der Waals surface area (Å²) in [6.45, 7) is 0. The van der Waals surface area contributed by atoms with Gasteiger partial charge in [0, 0.05) is 23.5 Å². The topological polar surface area (TPSA) is 24.9 Å². The van der Waals surface area contributed by atoms with Crippen molar-refractivity contribution < 1.29 is 0 Å². The Balaban J connectivity index is 1.96. The Morgan fingerprint density at radius 3 is 2.32 bits per heavy atom. The molecule has 0 bridgehead atoms. The SMILES string of the molecule is c1ccc(C(Nc2ccsc2)c2ccncc2)cc1. The van der Waals surface area contributed by atoms with E-state index in [0.717, 1.165) is 5.69 Å². The van der Waals surface area contributed by atoms with Crippen molar-refractivity contribution in [1.82, 2.24) is 4.98 Å². The van der Waals surface area contributed by atoms with Crippen molar-refractivity contribution in [3.8, 4) is 0 Å². The van der Waals surface area contributed by atoms with E-state index in [1.807, 2.05) is 18.5 Å². The molecule has 1 aromatic carbocycles. The summed E-state index contributed by atoms with van der Waals surface area (Å²) in [6.07, 6.45) is 3.67. The molecule has 0 spiro atoms. The smallest absolute Gasteiger partial charge is 0.0768 e. The summed E-state index contributed by atoms with van der Waals surface area (Å²) in [5.41, 5.74) is 3.61. The fourth-order valence-electron chi connectivity index (χ4n) is 2.07. The molecule has 0 fully saturated rings. The van der Waals surface area contributed by atoms with Crippen molar-refractivity contribution in [2.75, 3.05) is 5.32 Å². The zero-order valence-electron chi connectivity index (χ0n) is 10.4. The molecular formula is C16H14N2S. The summed E-state index contributed by atoms with van der Waals surface area (Å²) >= 11 is 1.70. The molecule has 2 nitrogen and oxygen atoms in total. The van der Waals surface area contributed by atoms with E-state index in [9.17, 15) is 0 Å². The lowest BCUT2D eigenvalue weighted by molar-refractivity contribution is 0.935. The standard InChI is InChI=1S/C16H14N2S/c1-2-4-13(5-3-1)16(14-6-9-17-10-7-14)18-15-8-11-19-12-15/h1-12,16,18H. The van der Waals surface area contributed by atoms with E-state index < -0.39 is 0 Å². The van der Waals surface area contributed by atoms with E-state index in [4.69, 9.17) is 0 Å². The molecule has 1 atom stereocenters. The highest BCUT2D eigenvalue weighted by Gasteiger charge is 2.13. The van der Waals surface area contributed by atoms with Gasteiger partial charge in [-0.15, -0.1) is 0 Å². The summed E-state index contributed by atoms with van der Waals surface area (Å²) in [4.78, 5) is 4.09. The molecule has 1 N–H and O–H groups in total. The van der Waals surface area contributed by atoms with E-state index in [0.29, 0.717) is 0 Å². The normalized spacial score (nSPS) is 12.0. The molecular weight excluding hydrogens is 252 g/mol. The van der Waals surface area contributed by atoms with E-state index in [-0.39, 0.29) is 6.04 Å². The van der Waals surface area contributed by atoms with Gasteiger partial charge in [-0.1, -0.05) is 30.3 Å². The second-order valence-corrected chi connectivity index (χ2v) is 5.06. The van der Waals surface area contributed by atoms with Gasteiger partial charge < -0.3 is 5.32 Å². The van der Waals surface area contributed by atoms with Crippen LogP contribution in [0.2, 0.25) is 0 Å². The first-order valence-corrected chi connectivity index (χ1v) is 7.11. The molecule has 0 radical (unpaired) electrons. The highest BCUT2D eigenvalue weighted by Crippen LogP contribution is 2.27. The third-order valence-electron chi connectivity index (χ3n) is 3.00. The van der Waals surface area contributed by atoms with Gasteiger partial charge in [0.05, 0.1) is 6.04 Å². The van der Waals surface area contributed by atoms with Gasteiger partial charge in [-0.05, 0) is 34.7 Å². The Morgan fingerprint density at radius 2 is 1.63 bits per heavy atom. The second kappa shape index (κ2) is 5.67. The van der Waals surface area contributed by atoms with Crippen LogP contribution < -0.4 is 5.32 Å². The third kappa shape index (κ3) is 2.83. The number of rotatable bonds is 4. The molecule has 3 rings (SSSR count). The van der Waals surface area contributed by atoms with Gasteiger partial charge in [0.1, 0.15) is 0 Å². The van der Waals surface area contributed by atoms with E-state index in [1.54, 1.807) is 11.3 Å². The molecule has 0 saturated heterocycles. The predicted molar refractivity (Wildman–Crippen MR) is 80.5 cm³/mol. The van der Waals surface area contributed by atoms with Crippen LogP contribution in [-0.2, 0) is 0 Å². The fourth-order valence-corrected chi connectivity index (χ4v) is 2.67. The van der Waals surface area contributed by atoms with Crippen LogP contribution in [0.25, 0.3) is 0 Å². The summed E-state index contributed by atoms with van der Waals surface area (Å²) in [6, 6.07) is 16.8. The van der Waals surface area contributed by atoms with Crippen molar-refractivity contribution in [3.05, 3.63) is 82.8 Å². The highest BCUT2D eigenvalue weighted by atomic mass is 32.1. The maximum atomic E-state index is 4.09. The van der Waals surface area contributed by atoms with Crippen LogP contribution in [0.5, 0.6) is 0 Å². The highest BCUT2D eigenvalue weighted by molar-refractivity contribution is 7.08. The molecule has 0 saturated carbocycles. The van der Waals surface area contributed by atoms with Crippen LogP contribution >= 0.6 is 11.3 Å². The molecule has 0 aliphatic carbocycles. The quantitative estimate of drug-likeness (QED) is 0.759. The lowest BCUT2D eigenvalue weighted by Crippen LogP contribution is -2.11. The first-order valence-electron chi connectivity index (χ1n) is 6.17. The number of aromatic nitrogens is 1. The molecule has 0 amide bonds. The van der Waals surface area contributed by atoms with Crippen molar-refractivity contribution in [2.45, 2.75) is 6.04 Å². The molecule has 19 heavy (non-hydrogen) atoms. The van der Waals surface area contributed by atoms with E-state index in [2.05, 4.69) is 63.5 Å². The minimum absolute atomic E-state index is 0.152. The Morgan fingerprint density at radius 1 is 0.895 bits per heavy atom. The van der Waals surface area contributed by atoms with Crippen LogP contribution in [0.15, 0.2) is 71.7 Å². The van der Waals surface area contributed by atoms with Gasteiger partial charge in [0.2, 0.25) is 0 Å². The number of hydrogen-bond donors (Lipinski definition) is 1. The lowest BCUT2D eigenvalue weighted by Gasteiger charge is -2.20. The van der Waals surface area contributed by atoms with E-state index >= 15 is 0 Å². The number of anilines is 1. The van der Waals surface area contributed by atoms with Crippen molar-refractivity contribution in [3.63, 3.8) is 0 Å². The largest absolute Gasteiger partial charge is 0.373 e. The molecule has 3 heteroatoms. The zero-order valence-corrected chi connectivity index (χ0v) is 11.2. The van der Waals surface area contributed by atoms with Crippen LogP contribution in [0.4, 0.5) is 5.69 Å². The number of benzene rings is 1. The first-order chi connectivity index (χ1) is 9.43. The maximum Gasteiger partial charge on any atom is 0.0768 e. The molecule has 0 aliphatic rings. The average Bonchev–Trinajstić information content (AvgIpc) is 3.00. The van der Waals surface area contributed by atoms with Crippen molar-refractivity contribution >= 4 is 17.0 Å². The van der Waals surface area contributed by atoms with Crippen LogP contribution in [0.1, 0.15) is 17.2 Å². The Bertz CT molecular complexity index is 566. The van der Waals surface area contributed by atoms with Crippen molar-refractivity contribution in [2.24, 2.45) is 0 Å². The summed E-state index contributed by atoms with van der Waals surface area (Å²) in [5.74, 6) is 0. The van der Waals surface area contributed by atoms with Crippen LogP contribution in [0.3, 0.4) is 0 Å². The Hall–Kier alpha value is -2.13. The van der Waals surface area contributed by atoms with Gasteiger partial charge in [0.25, 0.3) is 0 Å². The number of hydrogen-bond acceptors (Lipinski definition) is 3. The third-order valence-corrected chi connectivity index (χ3v) is 3.69. The van der Waals surface area contributed by atoms with Gasteiger partial charge in [-0.2, -0.15) is 11.3 Å². The number of thiophene rings is 1. The van der Waals surface area contributed by atoms with Gasteiger partial charge in [-0.3, -0.25) is 4.98 Å². The summed E-state index contributed by atoms with van der Waals surface area (Å²) < 4.78 is 0. The molecule has 2 aromatic heterocycles. The minimum atomic E-state index is 0.152. The van der Waals surface area contributed by atoms with E-state index in [1.165, 1.54) is 11.1 Å². The predicted octanol–water partition coefficient (Wildman–Crippen LogP) is 4.34. The summed E-state index contributed by atoms with van der Waals surface area (Å²) in [7, 11) is 0. The monoisotopic (exact) mass is 266 g/mol. The second-order valence-electron chi connectivity index (χ2n) is 4.28. The Kier molecular flexibility index (Phi) is 3.56. The zero-order chi connectivity index (χ0) is 12.9. The number of nitrogens with one attached hydrogen (secondary N) is 1. The summed E-state index contributed by atoms with van der Waals surface area (Å²) in [5, 5.41) is 7.78. The lowest BCUT2D eigenvalue weighted by atomic mass is 9.99.